The Labute approximate surface area is 144 Å². The van der Waals surface area contributed by atoms with Gasteiger partial charge in [-0.25, -0.2) is 9.07 Å². The highest BCUT2D eigenvalue weighted by Gasteiger charge is 2.43. The van der Waals surface area contributed by atoms with E-state index in [1.54, 1.807) is 17.0 Å². The third kappa shape index (κ3) is 2.78. The maximum Gasteiger partial charge on any atom is 0.278 e. The van der Waals surface area contributed by atoms with E-state index in [0.717, 1.165) is 24.8 Å². The Balaban J connectivity index is 1.61. The molecule has 1 aromatic heterocycles. The Bertz CT molecular complexity index is 829. The Morgan fingerprint density at radius 2 is 2.20 bits per heavy atom. The average Bonchev–Trinajstić information content (AvgIpc) is 2.96. The second-order valence-corrected chi connectivity index (χ2v) is 6.87. The van der Waals surface area contributed by atoms with Gasteiger partial charge < -0.3 is 14.7 Å². The van der Waals surface area contributed by atoms with E-state index in [-0.39, 0.29) is 28.6 Å². The molecule has 1 aromatic carbocycles. The minimum atomic E-state index is -0.466. The van der Waals surface area contributed by atoms with Crippen LogP contribution in [-0.2, 0) is 4.74 Å². The molecule has 2 aliphatic rings. The summed E-state index contributed by atoms with van der Waals surface area (Å²) in [6.45, 7) is 3.30. The predicted octanol–water partition coefficient (Wildman–Crippen LogP) is 2.42. The quantitative estimate of drug-likeness (QED) is 0.908. The number of aromatic hydroxyl groups is 1. The smallest absolute Gasteiger partial charge is 0.278 e. The monoisotopic (exact) mass is 345 g/mol. The van der Waals surface area contributed by atoms with Crippen LogP contribution in [0.5, 0.6) is 5.75 Å². The molecule has 4 rings (SSSR count). The van der Waals surface area contributed by atoms with Crippen molar-refractivity contribution in [2.45, 2.75) is 31.8 Å². The lowest BCUT2D eigenvalue weighted by Crippen LogP contribution is -2.57. The lowest BCUT2D eigenvalue weighted by molar-refractivity contribution is -0.142. The zero-order valence-electron chi connectivity index (χ0n) is 14.0. The summed E-state index contributed by atoms with van der Waals surface area (Å²) in [7, 11) is 0. The highest BCUT2D eigenvalue weighted by molar-refractivity contribution is 5.95. The van der Waals surface area contributed by atoms with E-state index >= 15 is 0 Å². The van der Waals surface area contributed by atoms with Gasteiger partial charge >= 0.3 is 0 Å². The van der Waals surface area contributed by atoms with Gasteiger partial charge in [0.05, 0.1) is 24.9 Å². The number of benzene rings is 1. The summed E-state index contributed by atoms with van der Waals surface area (Å²) in [5.74, 6) is -1.06. The molecule has 1 aliphatic heterocycles. The summed E-state index contributed by atoms with van der Waals surface area (Å²) in [6.07, 6.45) is 4.27. The number of halogens is 1. The van der Waals surface area contributed by atoms with Gasteiger partial charge in [-0.3, -0.25) is 4.79 Å². The van der Waals surface area contributed by atoms with E-state index in [1.807, 2.05) is 6.92 Å². The molecule has 0 radical (unpaired) electrons. The van der Waals surface area contributed by atoms with Crippen LogP contribution in [0.25, 0.3) is 5.69 Å². The third-order valence-corrected chi connectivity index (χ3v) is 5.05. The van der Waals surface area contributed by atoms with Crippen LogP contribution in [0.4, 0.5) is 4.39 Å². The lowest BCUT2D eigenvalue weighted by atomic mass is 9.79. The molecular weight excluding hydrogens is 325 g/mol. The molecule has 2 aromatic rings. The fourth-order valence-electron chi connectivity index (χ4n) is 3.48. The van der Waals surface area contributed by atoms with Crippen molar-refractivity contribution in [3.05, 3.63) is 41.5 Å². The summed E-state index contributed by atoms with van der Waals surface area (Å²) in [4.78, 5) is 14.5. The zero-order chi connectivity index (χ0) is 17.6. The standard InChI is InChI=1S/C18H20FN3O3/c1-12-3-4-13(19)14(9-12)22-10-15(23)16(20-22)17(24)21-7-8-25-18(11-21)5-2-6-18/h3-4,9-10,23H,2,5-8,11H2,1H3. The molecule has 0 unspecified atom stereocenters. The molecule has 6 nitrogen and oxygen atoms in total. The summed E-state index contributed by atoms with van der Waals surface area (Å²) in [5.41, 5.74) is 0.776. The average molecular weight is 345 g/mol. The number of aryl methyl sites for hydroxylation is 1. The van der Waals surface area contributed by atoms with Gasteiger partial charge in [-0.05, 0) is 43.9 Å². The van der Waals surface area contributed by atoms with Gasteiger partial charge in [0.15, 0.2) is 11.4 Å². The van der Waals surface area contributed by atoms with Gasteiger partial charge in [-0.15, -0.1) is 0 Å². The summed E-state index contributed by atoms with van der Waals surface area (Å²) in [6, 6.07) is 4.61. The molecule has 132 valence electrons. The molecule has 7 heteroatoms. The number of hydrogen-bond acceptors (Lipinski definition) is 4. The lowest BCUT2D eigenvalue weighted by Gasteiger charge is -2.48. The second kappa shape index (κ2) is 5.84. The first-order valence-electron chi connectivity index (χ1n) is 8.46. The molecule has 2 fully saturated rings. The minimum absolute atomic E-state index is 0.0581. The molecule has 1 aliphatic carbocycles. The zero-order valence-corrected chi connectivity index (χ0v) is 14.0. The van der Waals surface area contributed by atoms with Crippen molar-refractivity contribution in [2.24, 2.45) is 0 Å². The third-order valence-electron chi connectivity index (χ3n) is 5.05. The van der Waals surface area contributed by atoms with Gasteiger partial charge in [0.25, 0.3) is 5.91 Å². The van der Waals surface area contributed by atoms with Crippen LogP contribution in [0.15, 0.2) is 24.4 Å². The normalized spacial score (nSPS) is 19.0. The molecule has 0 bridgehead atoms. The number of amides is 1. The Hall–Kier alpha value is -2.41. The molecule has 1 spiro atoms. The van der Waals surface area contributed by atoms with Gasteiger partial charge in [0, 0.05) is 6.54 Å². The van der Waals surface area contributed by atoms with Crippen molar-refractivity contribution >= 4 is 5.91 Å². The fraction of sp³-hybridized carbons (Fsp3) is 0.444. The SMILES string of the molecule is Cc1ccc(F)c(-n2cc(O)c(C(=O)N3CCOC4(CCC4)C3)n2)c1. The molecule has 0 atom stereocenters. The molecule has 1 amide bonds. The summed E-state index contributed by atoms with van der Waals surface area (Å²) in [5, 5.41) is 14.3. The van der Waals surface area contributed by atoms with Crippen molar-refractivity contribution in [3.63, 3.8) is 0 Å². The molecule has 1 saturated heterocycles. The van der Waals surface area contributed by atoms with Crippen LogP contribution in [0, 0.1) is 12.7 Å². The molecule has 25 heavy (non-hydrogen) atoms. The Kier molecular flexibility index (Phi) is 3.76. The summed E-state index contributed by atoms with van der Waals surface area (Å²) < 4.78 is 21.1. The number of morpholine rings is 1. The topological polar surface area (TPSA) is 67.6 Å². The maximum atomic E-state index is 14.1. The fourth-order valence-corrected chi connectivity index (χ4v) is 3.48. The number of ether oxygens (including phenoxy) is 1. The maximum absolute atomic E-state index is 14.1. The van der Waals surface area contributed by atoms with E-state index < -0.39 is 5.82 Å². The van der Waals surface area contributed by atoms with E-state index in [1.165, 1.54) is 16.9 Å². The largest absolute Gasteiger partial charge is 0.504 e. The first kappa shape index (κ1) is 16.1. The van der Waals surface area contributed by atoms with Crippen LogP contribution < -0.4 is 0 Å². The number of carbonyl (C=O) groups is 1. The first-order valence-corrected chi connectivity index (χ1v) is 8.46. The van der Waals surface area contributed by atoms with Crippen LogP contribution in [0.2, 0.25) is 0 Å². The van der Waals surface area contributed by atoms with Crippen molar-refractivity contribution in [3.8, 4) is 11.4 Å². The van der Waals surface area contributed by atoms with Gasteiger partial charge in [0.1, 0.15) is 11.5 Å². The minimum Gasteiger partial charge on any atom is -0.504 e. The van der Waals surface area contributed by atoms with Crippen LogP contribution in [0.1, 0.15) is 35.3 Å². The Morgan fingerprint density at radius 1 is 1.40 bits per heavy atom. The molecule has 1 saturated carbocycles. The number of hydrogen-bond donors (Lipinski definition) is 1. The van der Waals surface area contributed by atoms with E-state index in [4.69, 9.17) is 4.74 Å². The number of rotatable bonds is 2. The van der Waals surface area contributed by atoms with E-state index in [0.29, 0.717) is 19.7 Å². The molecule has 1 N–H and O–H groups in total. The van der Waals surface area contributed by atoms with Crippen molar-refractivity contribution in [1.29, 1.82) is 0 Å². The van der Waals surface area contributed by atoms with Gasteiger partial charge in [-0.1, -0.05) is 6.07 Å². The molecular formula is C18H20FN3O3. The van der Waals surface area contributed by atoms with Crippen LogP contribution >= 0.6 is 0 Å². The summed E-state index contributed by atoms with van der Waals surface area (Å²) >= 11 is 0. The number of carbonyl (C=O) groups excluding carboxylic acids is 1. The Morgan fingerprint density at radius 3 is 2.92 bits per heavy atom. The van der Waals surface area contributed by atoms with E-state index in [9.17, 15) is 14.3 Å². The van der Waals surface area contributed by atoms with Crippen LogP contribution in [-0.4, -0.2) is 51.0 Å². The molecule has 2 heterocycles. The van der Waals surface area contributed by atoms with Gasteiger partial charge in [-0.2, -0.15) is 5.10 Å². The van der Waals surface area contributed by atoms with Crippen molar-refractivity contribution in [2.75, 3.05) is 19.7 Å². The highest BCUT2D eigenvalue weighted by atomic mass is 19.1. The van der Waals surface area contributed by atoms with Gasteiger partial charge in [0.2, 0.25) is 0 Å². The van der Waals surface area contributed by atoms with Crippen molar-refractivity contribution < 1.29 is 19.0 Å². The second-order valence-electron chi connectivity index (χ2n) is 6.87. The van der Waals surface area contributed by atoms with E-state index in [2.05, 4.69) is 5.10 Å². The van der Waals surface area contributed by atoms with Crippen LogP contribution in [0.3, 0.4) is 0 Å². The number of nitrogens with zero attached hydrogens (tertiary/aromatic N) is 3. The predicted molar refractivity (Wildman–Crippen MR) is 88.4 cm³/mol. The number of aromatic nitrogens is 2. The van der Waals surface area contributed by atoms with Crippen molar-refractivity contribution in [1.82, 2.24) is 14.7 Å². The first-order chi connectivity index (χ1) is 12.0. The highest BCUT2D eigenvalue weighted by Crippen LogP contribution is 2.38.